The van der Waals surface area contributed by atoms with Crippen LogP contribution in [0.25, 0.3) is 0 Å². The van der Waals surface area contributed by atoms with Crippen molar-refractivity contribution in [2.24, 2.45) is 5.92 Å². The Morgan fingerprint density at radius 3 is 2.67 bits per heavy atom. The predicted molar refractivity (Wildman–Crippen MR) is 89.1 cm³/mol. The summed E-state index contributed by atoms with van der Waals surface area (Å²) in [5, 5.41) is 6.78. The molecule has 0 spiro atoms. The highest BCUT2D eigenvalue weighted by atomic mass is 19.4. The molecule has 1 N–H and O–H groups in total. The number of rotatable bonds is 5. The zero-order valence-electron chi connectivity index (χ0n) is 14.4. The van der Waals surface area contributed by atoms with Gasteiger partial charge in [-0.2, -0.15) is 18.3 Å². The summed E-state index contributed by atoms with van der Waals surface area (Å²) in [5.74, 6) is 0.279. The zero-order valence-corrected chi connectivity index (χ0v) is 14.4. The SMILES string of the molecule is O=C(Nc1ccc(OCC(F)(F)F)nc1)N1CCC(Cn2cncn2)CC1. The van der Waals surface area contributed by atoms with Gasteiger partial charge in [-0.05, 0) is 24.8 Å². The maximum Gasteiger partial charge on any atom is 0.422 e. The average molecular weight is 384 g/mol. The number of amides is 2. The molecule has 2 aromatic rings. The van der Waals surface area contributed by atoms with Gasteiger partial charge in [0, 0.05) is 25.7 Å². The van der Waals surface area contributed by atoms with Gasteiger partial charge in [0.25, 0.3) is 0 Å². The Morgan fingerprint density at radius 1 is 1.30 bits per heavy atom. The third kappa shape index (κ3) is 5.83. The van der Waals surface area contributed by atoms with Crippen LogP contribution in [0.5, 0.6) is 5.88 Å². The molecule has 3 heterocycles. The van der Waals surface area contributed by atoms with Crippen molar-refractivity contribution in [2.75, 3.05) is 25.0 Å². The molecule has 1 aliphatic rings. The molecule has 2 amide bonds. The van der Waals surface area contributed by atoms with Crippen LogP contribution in [0.15, 0.2) is 31.0 Å². The number of anilines is 1. The van der Waals surface area contributed by atoms with Crippen LogP contribution in [0.1, 0.15) is 12.8 Å². The lowest BCUT2D eigenvalue weighted by Gasteiger charge is -2.31. The van der Waals surface area contributed by atoms with E-state index in [-0.39, 0.29) is 11.9 Å². The van der Waals surface area contributed by atoms with Gasteiger partial charge in [-0.25, -0.2) is 14.8 Å². The second kappa shape index (κ2) is 8.23. The van der Waals surface area contributed by atoms with E-state index in [1.807, 2.05) is 0 Å². The smallest absolute Gasteiger partial charge is 0.422 e. The number of urea groups is 1. The number of carbonyl (C=O) groups excluding carboxylic acids is 1. The molecule has 146 valence electrons. The number of likely N-dealkylation sites (tertiary alicyclic amines) is 1. The quantitative estimate of drug-likeness (QED) is 0.856. The van der Waals surface area contributed by atoms with Gasteiger partial charge in [0.1, 0.15) is 12.7 Å². The summed E-state index contributed by atoms with van der Waals surface area (Å²) in [6.45, 7) is 0.602. The fourth-order valence-corrected chi connectivity index (χ4v) is 2.81. The molecule has 0 aromatic carbocycles. The minimum absolute atomic E-state index is 0.153. The van der Waals surface area contributed by atoms with E-state index in [0.717, 1.165) is 19.4 Å². The molecule has 0 atom stereocenters. The van der Waals surface area contributed by atoms with Gasteiger partial charge in [0.2, 0.25) is 5.88 Å². The average Bonchev–Trinajstić information content (AvgIpc) is 3.14. The third-order valence-electron chi connectivity index (χ3n) is 4.18. The van der Waals surface area contributed by atoms with Crippen LogP contribution in [-0.4, -0.2) is 56.6 Å². The van der Waals surface area contributed by atoms with Crippen LogP contribution < -0.4 is 10.1 Å². The Hall–Kier alpha value is -2.85. The normalized spacial score (nSPS) is 15.6. The van der Waals surface area contributed by atoms with Crippen LogP contribution in [0.3, 0.4) is 0 Å². The summed E-state index contributed by atoms with van der Waals surface area (Å²) in [7, 11) is 0. The summed E-state index contributed by atoms with van der Waals surface area (Å²) in [4.78, 5) is 21.7. The van der Waals surface area contributed by atoms with Crippen LogP contribution in [0.2, 0.25) is 0 Å². The van der Waals surface area contributed by atoms with E-state index in [2.05, 4.69) is 25.1 Å². The van der Waals surface area contributed by atoms with Crippen LogP contribution >= 0.6 is 0 Å². The molecule has 3 rings (SSSR count). The summed E-state index contributed by atoms with van der Waals surface area (Å²) >= 11 is 0. The maximum absolute atomic E-state index is 12.3. The van der Waals surface area contributed by atoms with Crippen LogP contribution in [-0.2, 0) is 6.54 Å². The molecular weight excluding hydrogens is 365 g/mol. The van der Waals surface area contributed by atoms with Crippen molar-refractivity contribution in [1.82, 2.24) is 24.6 Å². The summed E-state index contributed by atoms with van der Waals surface area (Å²) in [5.41, 5.74) is 0.393. The highest BCUT2D eigenvalue weighted by Crippen LogP contribution is 2.21. The first kappa shape index (κ1) is 18.9. The Morgan fingerprint density at radius 2 is 2.07 bits per heavy atom. The second-order valence-corrected chi connectivity index (χ2v) is 6.27. The lowest BCUT2D eigenvalue weighted by atomic mass is 9.97. The molecule has 2 aromatic heterocycles. The van der Waals surface area contributed by atoms with Gasteiger partial charge in [0.05, 0.1) is 11.9 Å². The Bertz CT molecular complexity index is 728. The minimum Gasteiger partial charge on any atom is -0.468 e. The molecule has 8 nitrogen and oxygen atoms in total. The molecule has 0 bridgehead atoms. The molecular formula is C16H19F3N6O2. The van der Waals surface area contributed by atoms with E-state index in [0.29, 0.717) is 24.7 Å². The molecule has 0 radical (unpaired) electrons. The second-order valence-electron chi connectivity index (χ2n) is 6.27. The number of carbonyl (C=O) groups is 1. The van der Waals surface area contributed by atoms with Crippen molar-refractivity contribution in [2.45, 2.75) is 25.6 Å². The van der Waals surface area contributed by atoms with E-state index >= 15 is 0 Å². The highest BCUT2D eigenvalue weighted by molar-refractivity contribution is 5.89. The van der Waals surface area contributed by atoms with E-state index in [9.17, 15) is 18.0 Å². The standard InChI is InChI=1S/C16H19F3N6O2/c17-16(18,19)9-27-14-2-1-13(7-21-14)23-15(26)24-5-3-12(4-6-24)8-25-11-20-10-22-25/h1-2,7,10-12H,3-6,8-9H2,(H,23,26). The van der Waals surface area contributed by atoms with Crippen molar-refractivity contribution in [3.63, 3.8) is 0 Å². The maximum atomic E-state index is 12.3. The Balaban J connectivity index is 1.44. The summed E-state index contributed by atoms with van der Waals surface area (Å²) in [6, 6.07) is 2.47. The highest BCUT2D eigenvalue weighted by Gasteiger charge is 2.28. The van der Waals surface area contributed by atoms with Gasteiger partial charge < -0.3 is 15.0 Å². The number of hydrogen-bond acceptors (Lipinski definition) is 5. The summed E-state index contributed by atoms with van der Waals surface area (Å²) < 4.78 is 42.6. The topological polar surface area (TPSA) is 85.2 Å². The molecule has 1 aliphatic heterocycles. The number of piperidine rings is 1. The van der Waals surface area contributed by atoms with Crippen molar-refractivity contribution in [3.05, 3.63) is 31.0 Å². The van der Waals surface area contributed by atoms with E-state index in [1.54, 1.807) is 15.9 Å². The number of halogens is 3. The van der Waals surface area contributed by atoms with Gasteiger partial charge in [-0.15, -0.1) is 0 Å². The number of ether oxygens (including phenoxy) is 1. The van der Waals surface area contributed by atoms with Gasteiger partial charge in [-0.3, -0.25) is 4.68 Å². The lowest BCUT2D eigenvalue weighted by molar-refractivity contribution is -0.154. The minimum atomic E-state index is -4.42. The molecule has 27 heavy (non-hydrogen) atoms. The predicted octanol–water partition coefficient (Wildman–Crippen LogP) is 2.56. The number of alkyl halides is 3. The first-order valence-electron chi connectivity index (χ1n) is 8.43. The van der Waals surface area contributed by atoms with Crippen molar-refractivity contribution >= 4 is 11.7 Å². The van der Waals surface area contributed by atoms with Gasteiger partial charge in [-0.1, -0.05) is 0 Å². The number of nitrogens with one attached hydrogen (secondary N) is 1. The summed E-state index contributed by atoms with van der Waals surface area (Å²) in [6.07, 6.45) is 1.73. The molecule has 1 saturated heterocycles. The van der Waals surface area contributed by atoms with Crippen molar-refractivity contribution in [1.29, 1.82) is 0 Å². The molecule has 0 unspecified atom stereocenters. The molecule has 0 aliphatic carbocycles. The third-order valence-corrected chi connectivity index (χ3v) is 4.18. The van der Waals surface area contributed by atoms with E-state index in [4.69, 9.17) is 0 Å². The van der Waals surface area contributed by atoms with Crippen LogP contribution in [0, 0.1) is 5.92 Å². The first-order valence-corrected chi connectivity index (χ1v) is 8.43. The Kier molecular flexibility index (Phi) is 5.77. The van der Waals surface area contributed by atoms with Crippen molar-refractivity contribution < 1.29 is 22.7 Å². The number of hydrogen-bond donors (Lipinski definition) is 1. The van der Waals surface area contributed by atoms with Gasteiger partial charge >= 0.3 is 12.2 Å². The number of nitrogens with zero attached hydrogens (tertiary/aromatic N) is 5. The van der Waals surface area contributed by atoms with E-state index in [1.165, 1.54) is 24.7 Å². The fourth-order valence-electron chi connectivity index (χ4n) is 2.81. The fraction of sp³-hybridized carbons (Fsp3) is 0.500. The van der Waals surface area contributed by atoms with E-state index < -0.39 is 12.8 Å². The zero-order chi connectivity index (χ0) is 19.3. The monoisotopic (exact) mass is 384 g/mol. The largest absolute Gasteiger partial charge is 0.468 e. The first-order chi connectivity index (χ1) is 12.9. The number of pyridine rings is 1. The van der Waals surface area contributed by atoms with Crippen LogP contribution in [0.4, 0.5) is 23.7 Å². The molecule has 0 saturated carbocycles. The number of aromatic nitrogens is 4. The van der Waals surface area contributed by atoms with Gasteiger partial charge in [0.15, 0.2) is 6.61 Å². The lowest BCUT2D eigenvalue weighted by Crippen LogP contribution is -2.41. The Labute approximate surface area is 153 Å². The molecule has 1 fully saturated rings. The molecule has 11 heteroatoms. The van der Waals surface area contributed by atoms with Crippen molar-refractivity contribution in [3.8, 4) is 5.88 Å².